The van der Waals surface area contributed by atoms with Crippen LogP contribution >= 0.6 is 15.6 Å². The van der Waals surface area contributed by atoms with Crippen molar-refractivity contribution in [3.63, 3.8) is 0 Å². The van der Waals surface area contributed by atoms with E-state index in [-0.39, 0.29) is 25.7 Å². The van der Waals surface area contributed by atoms with Gasteiger partial charge < -0.3 is 33.8 Å². The zero-order chi connectivity index (χ0) is 68.9. The number of carbonyl (C=O) groups excluding carboxylic acids is 4. The minimum absolute atomic E-state index is 0.103. The molecular weight excluding hydrogens is 1220 g/mol. The molecule has 5 unspecified atom stereocenters. The topological polar surface area (TPSA) is 237 Å². The molecule has 0 bridgehead atoms. The van der Waals surface area contributed by atoms with Gasteiger partial charge in [-0.15, -0.1) is 0 Å². The molecule has 552 valence electrons. The maximum absolute atomic E-state index is 13.0. The molecule has 0 amide bonds. The summed E-state index contributed by atoms with van der Waals surface area (Å²) in [7, 11) is -9.91. The largest absolute Gasteiger partial charge is 0.472 e. The zero-order valence-electron chi connectivity index (χ0n) is 60.9. The summed E-state index contributed by atoms with van der Waals surface area (Å²) in [6, 6.07) is 0. The van der Waals surface area contributed by atoms with Crippen molar-refractivity contribution in [2.24, 2.45) is 23.7 Å². The highest BCUT2D eigenvalue weighted by Crippen LogP contribution is 2.45. The van der Waals surface area contributed by atoms with Gasteiger partial charge in [0.05, 0.1) is 26.4 Å². The van der Waals surface area contributed by atoms with E-state index in [0.717, 1.165) is 126 Å². The molecule has 0 saturated carbocycles. The lowest BCUT2D eigenvalue weighted by molar-refractivity contribution is -0.161. The standard InChI is InChI=1S/C74H144O17P2/c1-9-65(6)51-43-35-27-22-20-18-16-14-12-13-15-17-19-21-23-28-40-48-56-73(78)90-69(60-84-71(76)54-46-38-32-30-36-44-52-66(7)10-2)62-88-92(80,81)86-58-68(75)59-87-93(82,83)89-63-70(61-85-72(77)55-47-39-33-31-37-45-53-67(8)11-3)91-74(79)57-49-41-29-25-24-26-34-42-50-64(4)5/h64-70,75H,9-63H2,1-8H3,(H,80,81)(H,82,83)/t65?,66?,67?,68-,69-,70-/m1/s1. The molecule has 0 spiro atoms. The maximum Gasteiger partial charge on any atom is 0.472 e. The van der Waals surface area contributed by atoms with Crippen LogP contribution in [0.5, 0.6) is 0 Å². The molecule has 0 aliphatic rings. The van der Waals surface area contributed by atoms with Gasteiger partial charge >= 0.3 is 39.5 Å². The first-order valence-corrected chi connectivity index (χ1v) is 41.3. The zero-order valence-corrected chi connectivity index (χ0v) is 62.7. The van der Waals surface area contributed by atoms with Gasteiger partial charge in [0.25, 0.3) is 0 Å². The number of phosphoric acid groups is 2. The van der Waals surface area contributed by atoms with Crippen LogP contribution < -0.4 is 0 Å². The van der Waals surface area contributed by atoms with Gasteiger partial charge in [-0.2, -0.15) is 0 Å². The maximum atomic E-state index is 13.0. The first-order valence-electron chi connectivity index (χ1n) is 38.3. The molecule has 17 nitrogen and oxygen atoms in total. The third-order valence-electron chi connectivity index (χ3n) is 18.2. The van der Waals surface area contributed by atoms with Crippen LogP contribution in [-0.2, 0) is 65.4 Å². The molecule has 0 rings (SSSR count). The van der Waals surface area contributed by atoms with Gasteiger partial charge in [-0.3, -0.25) is 37.3 Å². The summed E-state index contributed by atoms with van der Waals surface area (Å²) in [4.78, 5) is 72.6. The molecule has 0 fully saturated rings. The molecule has 3 N–H and O–H groups in total. The van der Waals surface area contributed by atoms with Gasteiger partial charge in [-0.1, -0.05) is 319 Å². The van der Waals surface area contributed by atoms with E-state index in [1.54, 1.807) is 0 Å². The quantitative estimate of drug-likeness (QED) is 0.0222. The Balaban J connectivity index is 5.16. The van der Waals surface area contributed by atoms with Gasteiger partial charge in [-0.25, -0.2) is 9.13 Å². The highest BCUT2D eigenvalue weighted by molar-refractivity contribution is 7.47. The SMILES string of the molecule is CCC(C)CCCCCCCCCCCCCCCCCCCCC(=O)O[C@H](COC(=O)CCCCCCCCC(C)CC)COP(=O)(O)OC[C@@H](O)COP(=O)(O)OC[C@@H](COC(=O)CCCCCCCCC(C)CC)OC(=O)CCCCCCCCCCC(C)C. The molecule has 93 heavy (non-hydrogen) atoms. The molecule has 8 atom stereocenters. The average Bonchev–Trinajstić information content (AvgIpc) is 2.90. The van der Waals surface area contributed by atoms with Crippen molar-refractivity contribution < 1.29 is 80.2 Å². The van der Waals surface area contributed by atoms with Crippen LogP contribution in [0.4, 0.5) is 0 Å². The van der Waals surface area contributed by atoms with E-state index >= 15 is 0 Å². The fourth-order valence-corrected chi connectivity index (χ4v) is 12.7. The fourth-order valence-electron chi connectivity index (χ4n) is 11.1. The monoisotopic (exact) mass is 1370 g/mol. The van der Waals surface area contributed by atoms with Crippen LogP contribution in [0.15, 0.2) is 0 Å². The first-order chi connectivity index (χ1) is 44.7. The van der Waals surface area contributed by atoms with Crippen molar-refractivity contribution in [2.75, 3.05) is 39.6 Å². The fraction of sp³-hybridized carbons (Fsp3) is 0.946. The number of hydrogen-bond donors (Lipinski definition) is 3. The van der Waals surface area contributed by atoms with Crippen LogP contribution in [-0.4, -0.2) is 96.7 Å². The Morgan fingerprint density at radius 1 is 0.301 bits per heavy atom. The molecule has 0 aromatic rings. The summed E-state index contributed by atoms with van der Waals surface area (Å²) in [6.07, 6.45) is 47.4. The lowest BCUT2D eigenvalue weighted by Gasteiger charge is -2.21. The van der Waals surface area contributed by atoms with Gasteiger partial charge in [0.2, 0.25) is 0 Å². The first kappa shape index (κ1) is 91.1. The number of carbonyl (C=O) groups is 4. The summed E-state index contributed by atoms with van der Waals surface area (Å²) in [6.45, 7) is 14.1. The third-order valence-corrected chi connectivity index (χ3v) is 20.1. The summed E-state index contributed by atoms with van der Waals surface area (Å²) < 4.78 is 68.3. The Bertz CT molecular complexity index is 1840. The molecule has 0 radical (unpaired) electrons. The van der Waals surface area contributed by atoms with Crippen LogP contribution in [0.3, 0.4) is 0 Å². The second-order valence-corrected chi connectivity index (χ2v) is 30.8. The minimum atomic E-state index is -4.96. The molecule has 0 aromatic carbocycles. The van der Waals surface area contributed by atoms with E-state index in [1.807, 2.05) is 0 Å². The van der Waals surface area contributed by atoms with E-state index < -0.39 is 97.5 Å². The number of aliphatic hydroxyl groups excluding tert-OH is 1. The van der Waals surface area contributed by atoms with Crippen molar-refractivity contribution in [3.05, 3.63) is 0 Å². The van der Waals surface area contributed by atoms with E-state index in [1.165, 1.54) is 161 Å². The lowest BCUT2D eigenvalue weighted by atomic mass is 9.99. The van der Waals surface area contributed by atoms with E-state index in [2.05, 4.69) is 55.4 Å². The molecule has 0 aromatic heterocycles. The van der Waals surface area contributed by atoms with E-state index in [0.29, 0.717) is 25.7 Å². The lowest BCUT2D eigenvalue weighted by Crippen LogP contribution is -2.30. The second kappa shape index (κ2) is 63.5. The van der Waals surface area contributed by atoms with Gasteiger partial charge in [0.1, 0.15) is 19.3 Å². The van der Waals surface area contributed by atoms with Crippen molar-refractivity contribution in [1.82, 2.24) is 0 Å². The normalized spacial score (nSPS) is 15.1. The van der Waals surface area contributed by atoms with E-state index in [9.17, 15) is 43.2 Å². The summed E-state index contributed by atoms with van der Waals surface area (Å²) in [5.74, 6) is 0.922. The highest BCUT2D eigenvalue weighted by Gasteiger charge is 2.30. The highest BCUT2D eigenvalue weighted by atomic mass is 31.2. The van der Waals surface area contributed by atoms with E-state index in [4.69, 9.17) is 37.0 Å². The molecule has 0 aliphatic heterocycles. The number of unbranched alkanes of at least 4 members (excludes halogenated alkanes) is 34. The van der Waals surface area contributed by atoms with Gasteiger partial charge in [0, 0.05) is 25.7 Å². The second-order valence-electron chi connectivity index (χ2n) is 27.9. The molecule has 0 saturated heterocycles. The Morgan fingerprint density at radius 2 is 0.516 bits per heavy atom. The predicted octanol–water partition coefficient (Wildman–Crippen LogP) is 21.3. The smallest absolute Gasteiger partial charge is 0.462 e. The number of ether oxygens (including phenoxy) is 4. The number of phosphoric ester groups is 2. The average molecular weight is 1370 g/mol. The van der Waals surface area contributed by atoms with Crippen molar-refractivity contribution in [1.29, 1.82) is 0 Å². The van der Waals surface area contributed by atoms with Crippen LogP contribution in [0.25, 0.3) is 0 Å². The van der Waals surface area contributed by atoms with Crippen LogP contribution in [0.2, 0.25) is 0 Å². The number of aliphatic hydroxyl groups is 1. The predicted molar refractivity (Wildman–Crippen MR) is 377 cm³/mol. The van der Waals surface area contributed by atoms with Crippen molar-refractivity contribution in [2.45, 2.75) is 388 Å². The Morgan fingerprint density at radius 3 is 0.763 bits per heavy atom. The Labute approximate surface area is 568 Å². The van der Waals surface area contributed by atoms with Gasteiger partial charge in [-0.05, 0) is 49.4 Å². The summed E-state index contributed by atoms with van der Waals surface area (Å²) >= 11 is 0. The minimum Gasteiger partial charge on any atom is -0.462 e. The number of hydrogen-bond acceptors (Lipinski definition) is 15. The Hall–Kier alpha value is -1.94. The van der Waals surface area contributed by atoms with Crippen LogP contribution in [0.1, 0.15) is 370 Å². The van der Waals surface area contributed by atoms with Crippen LogP contribution in [0, 0.1) is 23.7 Å². The summed E-state index contributed by atoms with van der Waals surface area (Å²) in [5, 5.41) is 10.6. The number of esters is 4. The molecular formula is C74H144O17P2. The molecule has 0 aliphatic carbocycles. The van der Waals surface area contributed by atoms with Crippen molar-refractivity contribution >= 4 is 39.5 Å². The van der Waals surface area contributed by atoms with Gasteiger partial charge in [0.15, 0.2) is 12.2 Å². The van der Waals surface area contributed by atoms with Crippen molar-refractivity contribution in [3.8, 4) is 0 Å². The summed E-state index contributed by atoms with van der Waals surface area (Å²) in [5.41, 5.74) is 0. The molecule has 0 heterocycles. The molecule has 19 heteroatoms. The Kier molecular flexibility index (Phi) is 62.2. The number of rotatable bonds is 71. The third kappa shape index (κ3) is 64.5.